The number of anilines is 1. The molecule has 0 aliphatic heterocycles. The van der Waals surface area contributed by atoms with Crippen molar-refractivity contribution in [1.82, 2.24) is 0 Å². The number of carbonyl (C=O) groups excluding carboxylic acids is 1. The summed E-state index contributed by atoms with van der Waals surface area (Å²) < 4.78 is 5.84. The zero-order valence-electron chi connectivity index (χ0n) is 16.2. The van der Waals surface area contributed by atoms with E-state index in [0.717, 1.165) is 16.9 Å². The lowest BCUT2D eigenvalue weighted by molar-refractivity contribution is -0.383. The first kappa shape index (κ1) is 20.4. The number of nitrogens with one attached hydrogen (secondary N) is 1. The Hall–Kier alpha value is -2.89. The van der Waals surface area contributed by atoms with Gasteiger partial charge in [-0.2, -0.15) is 0 Å². The molecular formula is C21H26N2O4. The van der Waals surface area contributed by atoms with Crippen LogP contribution < -0.4 is 10.1 Å². The molecule has 144 valence electrons. The molecule has 0 aromatic heterocycles. The molecule has 0 heterocycles. The van der Waals surface area contributed by atoms with Crippen molar-refractivity contribution in [2.45, 2.75) is 40.5 Å². The summed E-state index contributed by atoms with van der Waals surface area (Å²) in [6.07, 6.45) is 1.30. The predicted octanol–water partition coefficient (Wildman–Crippen LogP) is 5.04. The minimum Gasteiger partial charge on any atom is -0.493 e. The van der Waals surface area contributed by atoms with Crippen LogP contribution in [0.5, 0.6) is 5.75 Å². The molecule has 1 N–H and O–H groups in total. The summed E-state index contributed by atoms with van der Waals surface area (Å²) in [6, 6.07) is 12.2. The first-order valence-corrected chi connectivity index (χ1v) is 8.95. The van der Waals surface area contributed by atoms with E-state index < -0.39 is 10.3 Å². The minimum atomic E-state index is -0.672. The topological polar surface area (TPSA) is 81.5 Å². The highest BCUT2D eigenvalue weighted by atomic mass is 16.6. The molecule has 0 aliphatic carbocycles. The van der Waals surface area contributed by atoms with Gasteiger partial charge in [0.1, 0.15) is 11.4 Å². The largest absolute Gasteiger partial charge is 0.493 e. The summed E-state index contributed by atoms with van der Waals surface area (Å²) in [4.78, 5) is 23.2. The summed E-state index contributed by atoms with van der Waals surface area (Å²) in [5, 5.41) is 13.8. The van der Waals surface area contributed by atoms with Gasteiger partial charge in [-0.15, -0.1) is 0 Å². The first-order chi connectivity index (χ1) is 12.7. The van der Waals surface area contributed by atoms with Crippen LogP contribution in [-0.4, -0.2) is 17.4 Å². The number of amides is 1. The lowest BCUT2D eigenvalue weighted by Gasteiger charge is -2.23. The van der Waals surface area contributed by atoms with Crippen LogP contribution in [0.2, 0.25) is 0 Å². The van der Waals surface area contributed by atoms with Crippen molar-refractivity contribution < 1.29 is 14.5 Å². The maximum atomic E-state index is 12.6. The fourth-order valence-corrected chi connectivity index (χ4v) is 2.70. The number of nitro groups is 1. The summed E-state index contributed by atoms with van der Waals surface area (Å²) in [6.45, 7) is 8.18. The summed E-state index contributed by atoms with van der Waals surface area (Å²) in [7, 11) is 0. The smallest absolute Gasteiger partial charge is 0.292 e. The van der Waals surface area contributed by atoms with Gasteiger partial charge in [-0.3, -0.25) is 14.9 Å². The lowest BCUT2D eigenvalue weighted by atomic mass is 9.87. The molecule has 0 saturated heterocycles. The van der Waals surface area contributed by atoms with Crippen molar-refractivity contribution in [1.29, 1.82) is 0 Å². The van der Waals surface area contributed by atoms with Crippen molar-refractivity contribution >= 4 is 17.3 Å². The van der Waals surface area contributed by atoms with E-state index in [1.54, 1.807) is 12.1 Å². The minimum absolute atomic E-state index is 0.111. The highest BCUT2D eigenvalue weighted by Crippen LogP contribution is 2.29. The molecule has 6 nitrogen and oxygen atoms in total. The van der Waals surface area contributed by atoms with Gasteiger partial charge in [-0.1, -0.05) is 38.1 Å². The molecule has 27 heavy (non-hydrogen) atoms. The van der Waals surface area contributed by atoms with E-state index in [9.17, 15) is 14.9 Å². The number of aryl methyl sites for hydroxylation is 2. The number of hydrogen-bond donors (Lipinski definition) is 1. The SMILES string of the molecule is Cc1ccc(C)c(OCCCC(C)(C)C(=O)Nc2ccccc2[N+](=O)[O-])c1. The Balaban J connectivity index is 1.91. The molecule has 0 bridgehead atoms. The van der Waals surface area contributed by atoms with Crippen LogP contribution in [0.15, 0.2) is 42.5 Å². The number of benzene rings is 2. The molecule has 2 aromatic carbocycles. The Labute approximate surface area is 159 Å². The Morgan fingerprint density at radius 1 is 1.19 bits per heavy atom. The molecule has 1 amide bonds. The second kappa shape index (κ2) is 8.66. The van der Waals surface area contributed by atoms with Crippen molar-refractivity contribution in [3.63, 3.8) is 0 Å². The van der Waals surface area contributed by atoms with Gasteiger partial charge in [0.2, 0.25) is 5.91 Å². The molecule has 6 heteroatoms. The Morgan fingerprint density at radius 2 is 1.89 bits per heavy atom. The molecule has 0 aliphatic rings. The van der Waals surface area contributed by atoms with Crippen LogP contribution in [0.4, 0.5) is 11.4 Å². The van der Waals surface area contributed by atoms with E-state index >= 15 is 0 Å². The zero-order chi connectivity index (χ0) is 20.0. The molecule has 0 unspecified atom stereocenters. The van der Waals surface area contributed by atoms with Crippen molar-refractivity contribution in [3.05, 3.63) is 63.7 Å². The molecule has 2 aromatic rings. The monoisotopic (exact) mass is 370 g/mol. The molecular weight excluding hydrogens is 344 g/mol. The quantitative estimate of drug-likeness (QED) is 0.401. The molecule has 0 spiro atoms. The maximum absolute atomic E-state index is 12.6. The van der Waals surface area contributed by atoms with Crippen molar-refractivity contribution in [3.8, 4) is 5.75 Å². The van der Waals surface area contributed by atoms with Gasteiger partial charge in [-0.25, -0.2) is 0 Å². The van der Waals surface area contributed by atoms with Gasteiger partial charge in [0.05, 0.1) is 11.5 Å². The third kappa shape index (κ3) is 5.54. The Kier molecular flexibility index (Phi) is 6.55. The molecule has 0 fully saturated rings. The zero-order valence-corrected chi connectivity index (χ0v) is 16.2. The predicted molar refractivity (Wildman–Crippen MR) is 106 cm³/mol. The lowest BCUT2D eigenvalue weighted by Crippen LogP contribution is -2.31. The van der Waals surface area contributed by atoms with Crippen molar-refractivity contribution in [2.24, 2.45) is 5.41 Å². The number of para-hydroxylation sites is 2. The number of rotatable bonds is 8. The van der Waals surface area contributed by atoms with Crippen LogP contribution in [0, 0.1) is 29.4 Å². The Morgan fingerprint density at radius 3 is 2.59 bits per heavy atom. The third-order valence-corrected chi connectivity index (χ3v) is 4.51. The van der Waals surface area contributed by atoms with Crippen LogP contribution in [0.3, 0.4) is 0 Å². The van der Waals surface area contributed by atoms with E-state index in [2.05, 4.69) is 5.32 Å². The van der Waals surface area contributed by atoms with E-state index in [1.165, 1.54) is 12.1 Å². The fourth-order valence-electron chi connectivity index (χ4n) is 2.70. The average Bonchev–Trinajstić information content (AvgIpc) is 2.61. The van der Waals surface area contributed by atoms with Gasteiger partial charge < -0.3 is 10.1 Å². The fraction of sp³-hybridized carbons (Fsp3) is 0.381. The van der Waals surface area contributed by atoms with Gasteiger partial charge in [0, 0.05) is 11.5 Å². The van der Waals surface area contributed by atoms with Crippen LogP contribution in [0.1, 0.15) is 37.8 Å². The molecule has 2 rings (SSSR count). The molecule has 0 radical (unpaired) electrons. The molecule has 0 saturated carbocycles. The number of nitrogens with zero attached hydrogens (tertiary/aromatic N) is 1. The summed E-state index contributed by atoms with van der Waals surface area (Å²) >= 11 is 0. The summed E-state index contributed by atoms with van der Waals surface area (Å²) in [5.41, 5.74) is 1.65. The highest BCUT2D eigenvalue weighted by molar-refractivity contribution is 5.96. The van der Waals surface area contributed by atoms with E-state index in [0.29, 0.717) is 19.4 Å². The van der Waals surface area contributed by atoms with Gasteiger partial charge in [0.15, 0.2) is 0 Å². The average molecular weight is 370 g/mol. The van der Waals surface area contributed by atoms with Gasteiger partial charge in [0.25, 0.3) is 5.69 Å². The number of carbonyl (C=O) groups is 1. The third-order valence-electron chi connectivity index (χ3n) is 4.51. The second-order valence-corrected chi connectivity index (χ2v) is 7.33. The number of ether oxygens (including phenoxy) is 1. The second-order valence-electron chi connectivity index (χ2n) is 7.33. The number of hydrogen-bond acceptors (Lipinski definition) is 4. The van der Waals surface area contributed by atoms with Crippen molar-refractivity contribution in [2.75, 3.05) is 11.9 Å². The van der Waals surface area contributed by atoms with Gasteiger partial charge >= 0.3 is 0 Å². The molecule has 0 atom stereocenters. The highest BCUT2D eigenvalue weighted by Gasteiger charge is 2.28. The van der Waals surface area contributed by atoms with Crippen LogP contribution >= 0.6 is 0 Å². The number of nitro benzene ring substituents is 1. The standard InChI is InChI=1S/C21H26N2O4/c1-15-10-11-16(2)19(14-15)27-13-7-12-21(3,4)20(24)22-17-8-5-6-9-18(17)23(25)26/h5-6,8-11,14H,7,12-13H2,1-4H3,(H,22,24). The van der Waals surface area contributed by atoms with E-state index in [-0.39, 0.29) is 17.3 Å². The van der Waals surface area contributed by atoms with Gasteiger partial charge in [-0.05, 0) is 49.9 Å². The normalized spacial score (nSPS) is 11.1. The van der Waals surface area contributed by atoms with Crippen LogP contribution in [-0.2, 0) is 4.79 Å². The van der Waals surface area contributed by atoms with E-state index in [4.69, 9.17) is 4.74 Å². The first-order valence-electron chi connectivity index (χ1n) is 8.95. The summed E-state index contributed by atoms with van der Waals surface area (Å²) in [5.74, 6) is 0.612. The van der Waals surface area contributed by atoms with E-state index in [1.807, 2.05) is 45.9 Å². The maximum Gasteiger partial charge on any atom is 0.292 e. The van der Waals surface area contributed by atoms with Crippen LogP contribution in [0.25, 0.3) is 0 Å². The Bertz CT molecular complexity index is 831.